The molecule has 0 aromatic carbocycles. The normalized spacial score (nSPS) is 29.8. The van der Waals surface area contributed by atoms with E-state index in [9.17, 15) is 5.11 Å². The van der Waals surface area contributed by atoms with Crippen molar-refractivity contribution in [3.8, 4) is 0 Å². The van der Waals surface area contributed by atoms with Crippen LogP contribution in [-0.2, 0) is 0 Å². The smallest absolute Gasteiger partial charge is 0.135 e. The second-order valence-corrected chi connectivity index (χ2v) is 5.06. The van der Waals surface area contributed by atoms with E-state index in [1.54, 1.807) is 0 Å². The minimum atomic E-state index is -0.620. The summed E-state index contributed by atoms with van der Waals surface area (Å²) in [6.07, 6.45) is 1.84. The largest absolute Gasteiger partial charge is 0.388 e. The fraction of sp³-hybridized carbons (Fsp3) is 0.667. The molecule has 2 heterocycles. The zero-order valence-electron chi connectivity index (χ0n) is 10.4. The monoisotopic (exact) mass is 221 g/mol. The Labute approximate surface area is 96.3 Å². The third-order valence-electron chi connectivity index (χ3n) is 3.43. The molecule has 0 aliphatic carbocycles. The lowest BCUT2D eigenvalue weighted by molar-refractivity contribution is 0.0443. The third-order valence-corrected chi connectivity index (χ3v) is 3.43. The van der Waals surface area contributed by atoms with Crippen molar-refractivity contribution in [3.63, 3.8) is 0 Å². The number of hydrogen-bond acceptors (Lipinski definition) is 4. The van der Waals surface area contributed by atoms with Crippen molar-refractivity contribution in [2.45, 2.75) is 33.3 Å². The molecule has 1 aliphatic rings. The van der Waals surface area contributed by atoms with Gasteiger partial charge < -0.3 is 10.0 Å². The van der Waals surface area contributed by atoms with Gasteiger partial charge in [0.15, 0.2) is 0 Å². The highest BCUT2D eigenvalue weighted by Crippen LogP contribution is 2.31. The number of rotatable bonds is 1. The molecule has 0 saturated carbocycles. The molecule has 0 spiro atoms. The molecule has 0 bridgehead atoms. The van der Waals surface area contributed by atoms with E-state index in [0.29, 0.717) is 6.54 Å². The maximum atomic E-state index is 10.2. The molecule has 88 valence electrons. The Kier molecular flexibility index (Phi) is 2.62. The summed E-state index contributed by atoms with van der Waals surface area (Å²) in [7, 11) is 0. The van der Waals surface area contributed by atoms with Crippen LogP contribution in [0, 0.1) is 19.8 Å². The zero-order chi connectivity index (χ0) is 11.9. The first-order chi connectivity index (χ1) is 7.40. The van der Waals surface area contributed by atoms with Crippen molar-refractivity contribution in [1.82, 2.24) is 9.97 Å². The number of β-amino-alcohol motifs (C(OH)–C–C–N with tert-alkyl or cyclic N) is 1. The summed E-state index contributed by atoms with van der Waals surface area (Å²) in [5.41, 5.74) is 0.446. The summed E-state index contributed by atoms with van der Waals surface area (Å²) in [5, 5.41) is 10.2. The minimum absolute atomic E-state index is 0.266. The summed E-state index contributed by atoms with van der Waals surface area (Å²) in [5.74, 6) is 2.00. The van der Waals surface area contributed by atoms with Crippen LogP contribution in [0.3, 0.4) is 0 Å². The number of nitrogens with zero attached hydrogens (tertiary/aromatic N) is 3. The highest BCUT2D eigenvalue weighted by Gasteiger charge is 2.39. The summed E-state index contributed by atoms with van der Waals surface area (Å²) in [6, 6.07) is 0. The fourth-order valence-electron chi connectivity index (χ4n) is 2.13. The molecule has 1 aliphatic heterocycles. The molecule has 2 rings (SSSR count). The predicted octanol–water partition coefficient (Wildman–Crippen LogP) is 1.30. The van der Waals surface area contributed by atoms with Gasteiger partial charge >= 0.3 is 0 Å². The van der Waals surface area contributed by atoms with E-state index in [4.69, 9.17) is 0 Å². The van der Waals surface area contributed by atoms with E-state index in [2.05, 4.69) is 21.8 Å². The molecular weight excluding hydrogens is 202 g/mol. The average molecular weight is 221 g/mol. The van der Waals surface area contributed by atoms with Gasteiger partial charge in [-0.3, -0.25) is 0 Å². The molecular formula is C12H19N3O. The van der Waals surface area contributed by atoms with Crippen molar-refractivity contribution in [1.29, 1.82) is 0 Å². The topological polar surface area (TPSA) is 49.2 Å². The SMILES string of the molecule is Cc1ncc(C)c(N2C[C@@H](C)[C@@](C)(O)C2)n1. The van der Waals surface area contributed by atoms with Crippen LogP contribution in [0.4, 0.5) is 5.82 Å². The molecule has 0 unspecified atom stereocenters. The Hall–Kier alpha value is -1.16. The minimum Gasteiger partial charge on any atom is -0.388 e. The van der Waals surface area contributed by atoms with Crippen LogP contribution in [0.5, 0.6) is 0 Å². The number of aromatic nitrogens is 2. The van der Waals surface area contributed by atoms with Gasteiger partial charge in [0.2, 0.25) is 0 Å². The van der Waals surface area contributed by atoms with Gasteiger partial charge in [0, 0.05) is 30.8 Å². The number of aliphatic hydroxyl groups is 1. The molecule has 1 aromatic heterocycles. The first kappa shape index (κ1) is 11.3. The molecule has 4 nitrogen and oxygen atoms in total. The lowest BCUT2D eigenvalue weighted by Gasteiger charge is -2.22. The van der Waals surface area contributed by atoms with E-state index in [1.807, 2.05) is 27.0 Å². The number of hydrogen-bond donors (Lipinski definition) is 1. The van der Waals surface area contributed by atoms with Crippen LogP contribution in [0.2, 0.25) is 0 Å². The van der Waals surface area contributed by atoms with Gasteiger partial charge in [-0.1, -0.05) is 6.92 Å². The predicted molar refractivity (Wildman–Crippen MR) is 63.5 cm³/mol. The van der Waals surface area contributed by atoms with E-state index < -0.39 is 5.60 Å². The first-order valence-electron chi connectivity index (χ1n) is 5.68. The van der Waals surface area contributed by atoms with Gasteiger partial charge in [-0.15, -0.1) is 0 Å². The lowest BCUT2D eigenvalue weighted by atomic mass is 9.95. The van der Waals surface area contributed by atoms with Crippen LogP contribution < -0.4 is 4.90 Å². The maximum absolute atomic E-state index is 10.2. The molecule has 1 N–H and O–H groups in total. The first-order valence-corrected chi connectivity index (χ1v) is 5.68. The summed E-state index contributed by atoms with van der Waals surface area (Å²) < 4.78 is 0. The van der Waals surface area contributed by atoms with Crippen molar-refractivity contribution in [3.05, 3.63) is 17.6 Å². The van der Waals surface area contributed by atoms with E-state index in [1.165, 1.54) is 0 Å². The highest BCUT2D eigenvalue weighted by molar-refractivity contribution is 5.47. The van der Waals surface area contributed by atoms with Crippen molar-refractivity contribution in [2.75, 3.05) is 18.0 Å². The Morgan fingerprint density at radius 2 is 2.19 bits per heavy atom. The van der Waals surface area contributed by atoms with E-state index in [-0.39, 0.29) is 5.92 Å². The lowest BCUT2D eigenvalue weighted by Crippen LogP contribution is -2.33. The molecule has 1 aromatic rings. The molecule has 4 heteroatoms. The van der Waals surface area contributed by atoms with Crippen molar-refractivity contribution < 1.29 is 5.11 Å². The summed E-state index contributed by atoms with van der Waals surface area (Å²) in [4.78, 5) is 10.8. The Bertz CT molecular complexity index is 403. The van der Waals surface area contributed by atoms with Crippen molar-refractivity contribution in [2.24, 2.45) is 5.92 Å². The fourth-order valence-corrected chi connectivity index (χ4v) is 2.13. The van der Waals surface area contributed by atoms with Gasteiger partial charge in [0.1, 0.15) is 11.6 Å². The number of aryl methyl sites for hydroxylation is 2. The molecule has 16 heavy (non-hydrogen) atoms. The zero-order valence-corrected chi connectivity index (χ0v) is 10.4. The van der Waals surface area contributed by atoms with Gasteiger partial charge in [0.25, 0.3) is 0 Å². The molecule has 0 amide bonds. The maximum Gasteiger partial charge on any atom is 0.135 e. The van der Waals surface area contributed by atoms with Gasteiger partial charge in [-0.05, 0) is 20.8 Å². The van der Waals surface area contributed by atoms with E-state index >= 15 is 0 Å². The van der Waals surface area contributed by atoms with Crippen LogP contribution >= 0.6 is 0 Å². The average Bonchev–Trinajstić information content (AvgIpc) is 2.45. The Morgan fingerprint density at radius 1 is 1.50 bits per heavy atom. The molecule has 2 atom stereocenters. The van der Waals surface area contributed by atoms with Crippen LogP contribution in [-0.4, -0.2) is 33.8 Å². The number of anilines is 1. The summed E-state index contributed by atoms with van der Waals surface area (Å²) >= 11 is 0. The molecule has 1 saturated heterocycles. The van der Waals surface area contributed by atoms with Gasteiger partial charge in [-0.2, -0.15) is 0 Å². The van der Waals surface area contributed by atoms with Crippen LogP contribution in [0.15, 0.2) is 6.20 Å². The quantitative estimate of drug-likeness (QED) is 0.776. The molecule has 1 fully saturated rings. The van der Waals surface area contributed by atoms with E-state index in [0.717, 1.165) is 23.8 Å². The van der Waals surface area contributed by atoms with Crippen LogP contribution in [0.1, 0.15) is 25.2 Å². The van der Waals surface area contributed by atoms with Crippen LogP contribution in [0.25, 0.3) is 0 Å². The standard InChI is InChI=1S/C12H19N3O/c1-8-5-13-10(3)14-11(8)15-6-9(2)12(4,16)7-15/h5,9,16H,6-7H2,1-4H3/t9-,12+/m1/s1. The van der Waals surface area contributed by atoms with Crippen molar-refractivity contribution >= 4 is 5.82 Å². The second-order valence-electron chi connectivity index (χ2n) is 5.06. The van der Waals surface area contributed by atoms with Gasteiger partial charge in [-0.25, -0.2) is 9.97 Å². The third kappa shape index (κ3) is 1.89. The second kappa shape index (κ2) is 3.70. The Balaban J connectivity index is 2.30. The highest BCUT2D eigenvalue weighted by atomic mass is 16.3. The van der Waals surface area contributed by atoms with Gasteiger partial charge in [0.05, 0.1) is 5.60 Å². The molecule has 0 radical (unpaired) electrons. The Morgan fingerprint density at radius 3 is 2.75 bits per heavy atom. The summed E-state index contributed by atoms with van der Waals surface area (Å²) in [6.45, 7) is 9.35.